The molecular weight excluding hydrogens is 455 g/mol. The van der Waals surface area contributed by atoms with Crippen molar-refractivity contribution in [3.63, 3.8) is 0 Å². The zero-order valence-electron chi connectivity index (χ0n) is 17.1. The van der Waals surface area contributed by atoms with E-state index >= 15 is 0 Å². The van der Waals surface area contributed by atoms with E-state index in [9.17, 15) is 22.4 Å². The molecule has 1 aliphatic heterocycles. The van der Waals surface area contributed by atoms with Crippen LogP contribution >= 0.6 is 0 Å². The fourth-order valence-electron chi connectivity index (χ4n) is 3.55. The molecule has 3 atom stereocenters. The highest BCUT2D eigenvalue weighted by Gasteiger charge is 2.43. The second-order valence-corrected chi connectivity index (χ2v) is 9.53. The Morgan fingerprint density at radius 2 is 1.97 bits per heavy atom. The van der Waals surface area contributed by atoms with Crippen LogP contribution in [0.3, 0.4) is 0 Å². The molecule has 0 spiro atoms. The predicted octanol–water partition coefficient (Wildman–Crippen LogP) is 2.15. The van der Waals surface area contributed by atoms with Crippen molar-refractivity contribution in [3.8, 4) is 11.8 Å². The summed E-state index contributed by atoms with van der Waals surface area (Å²) >= 11 is 0. The topological polar surface area (TPSA) is 149 Å². The van der Waals surface area contributed by atoms with E-state index in [2.05, 4.69) is 10.6 Å². The molecular formula is C21H19FN4O6S. The van der Waals surface area contributed by atoms with Crippen LogP contribution in [0.2, 0.25) is 0 Å². The molecule has 1 fully saturated rings. The summed E-state index contributed by atoms with van der Waals surface area (Å²) in [6.07, 6.45) is -1.59. The van der Waals surface area contributed by atoms with Crippen LogP contribution in [0.4, 0.5) is 20.6 Å². The second kappa shape index (κ2) is 8.59. The van der Waals surface area contributed by atoms with Crippen molar-refractivity contribution in [2.75, 3.05) is 22.7 Å². The van der Waals surface area contributed by atoms with Gasteiger partial charge in [-0.1, -0.05) is 0 Å². The summed E-state index contributed by atoms with van der Waals surface area (Å²) in [6.45, 7) is -0.187. The largest absolute Gasteiger partial charge is 0.484 e. The minimum Gasteiger partial charge on any atom is -0.484 e. The molecule has 0 bridgehead atoms. The van der Waals surface area contributed by atoms with Crippen LogP contribution in [-0.2, 0) is 14.8 Å². The number of nitriles is 1. The van der Waals surface area contributed by atoms with Crippen molar-refractivity contribution < 1.29 is 32.2 Å². The Balaban J connectivity index is 1.62. The van der Waals surface area contributed by atoms with E-state index in [-0.39, 0.29) is 52.9 Å². The number of amides is 2. The number of benzene rings is 2. The van der Waals surface area contributed by atoms with Crippen LogP contribution in [0.25, 0.3) is 0 Å². The molecule has 1 heterocycles. The Kier molecular flexibility index (Phi) is 5.82. The van der Waals surface area contributed by atoms with Gasteiger partial charge in [-0.25, -0.2) is 17.6 Å². The van der Waals surface area contributed by atoms with Crippen LogP contribution in [0.5, 0.6) is 5.75 Å². The number of anilines is 2. The van der Waals surface area contributed by atoms with E-state index in [1.165, 1.54) is 18.2 Å². The zero-order chi connectivity index (χ0) is 23.8. The summed E-state index contributed by atoms with van der Waals surface area (Å²) in [7, 11) is -4.17. The van der Waals surface area contributed by atoms with Gasteiger partial charge in [-0.05, 0) is 48.9 Å². The molecule has 2 aromatic carbocycles. The maximum atomic E-state index is 13.4. The molecule has 2 aromatic rings. The van der Waals surface area contributed by atoms with Crippen LogP contribution in [-0.4, -0.2) is 44.7 Å². The average Bonchev–Trinajstić information content (AvgIpc) is 3.57. The highest BCUT2D eigenvalue weighted by Crippen LogP contribution is 2.40. The lowest BCUT2D eigenvalue weighted by molar-refractivity contribution is -0.122. The molecule has 1 saturated carbocycles. The van der Waals surface area contributed by atoms with Gasteiger partial charge in [-0.15, -0.1) is 0 Å². The highest BCUT2D eigenvalue weighted by molar-refractivity contribution is 7.92. The Bertz CT molecular complexity index is 1240. The lowest BCUT2D eigenvalue weighted by Gasteiger charge is -2.35. The molecule has 3 N–H and O–H groups in total. The minimum absolute atomic E-state index is 0.00249. The number of halogens is 1. The number of carbonyl (C=O) groups is 2. The number of sulfonamides is 1. The fraction of sp³-hybridized carbons (Fsp3) is 0.286. The van der Waals surface area contributed by atoms with Gasteiger partial charge < -0.3 is 15.2 Å². The van der Waals surface area contributed by atoms with Gasteiger partial charge in [0.25, 0.3) is 10.0 Å². The predicted molar refractivity (Wildman–Crippen MR) is 114 cm³/mol. The molecule has 0 radical (unpaired) electrons. The summed E-state index contributed by atoms with van der Waals surface area (Å²) in [5.41, 5.74) is 0.229. The molecule has 2 amide bonds. The van der Waals surface area contributed by atoms with Crippen LogP contribution in [0, 0.1) is 29.0 Å². The van der Waals surface area contributed by atoms with Crippen LogP contribution in [0.15, 0.2) is 47.4 Å². The number of rotatable bonds is 6. The molecule has 33 heavy (non-hydrogen) atoms. The second-order valence-electron chi connectivity index (χ2n) is 7.67. The maximum Gasteiger partial charge on any atom is 0.409 e. The molecule has 2 aliphatic rings. The first kappa shape index (κ1) is 22.3. The van der Waals surface area contributed by atoms with Crippen molar-refractivity contribution in [2.45, 2.75) is 17.4 Å². The molecule has 12 heteroatoms. The quantitative estimate of drug-likeness (QED) is 0.581. The Morgan fingerprint density at radius 3 is 2.61 bits per heavy atom. The van der Waals surface area contributed by atoms with Crippen molar-refractivity contribution in [1.29, 1.82) is 5.26 Å². The zero-order valence-corrected chi connectivity index (χ0v) is 17.9. The first-order chi connectivity index (χ1) is 15.7. The third-order valence-corrected chi connectivity index (χ3v) is 7.13. The molecule has 0 saturated heterocycles. The Morgan fingerprint density at radius 1 is 1.24 bits per heavy atom. The number of hydrogen-bond acceptors (Lipinski definition) is 6. The minimum atomic E-state index is -4.17. The SMILES string of the molecule is N#C[C@H]1C[C@H]1C(=O)NCC1CN(S(=O)(=O)c2ccc(F)cc2)c2cc(NC(=O)O)ccc2O1. The number of nitrogens with one attached hydrogen (secondary N) is 2. The highest BCUT2D eigenvalue weighted by atomic mass is 32.2. The number of nitrogens with zero attached hydrogens (tertiary/aromatic N) is 2. The van der Waals surface area contributed by atoms with Crippen LogP contribution < -0.4 is 19.7 Å². The first-order valence-electron chi connectivity index (χ1n) is 9.95. The number of hydrogen-bond donors (Lipinski definition) is 3. The van der Waals surface area contributed by atoms with Crippen LogP contribution in [0.1, 0.15) is 6.42 Å². The van der Waals surface area contributed by atoms with Gasteiger partial charge in [0.15, 0.2) is 0 Å². The molecule has 1 unspecified atom stereocenters. The Hall–Kier alpha value is -3.85. The van der Waals surface area contributed by atoms with Gasteiger partial charge in [0, 0.05) is 5.69 Å². The van der Waals surface area contributed by atoms with Crippen molar-refractivity contribution in [1.82, 2.24) is 5.32 Å². The normalized spacial score (nSPS) is 21.2. The number of fused-ring (bicyclic) bond motifs is 1. The fourth-order valence-corrected chi connectivity index (χ4v) is 5.05. The van der Waals surface area contributed by atoms with Crippen molar-refractivity contribution >= 4 is 33.4 Å². The summed E-state index contributed by atoms with van der Waals surface area (Å²) in [6, 6.07) is 10.5. The summed E-state index contributed by atoms with van der Waals surface area (Å²) in [5, 5.41) is 22.7. The van der Waals surface area contributed by atoms with E-state index in [0.717, 1.165) is 28.6 Å². The summed E-state index contributed by atoms with van der Waals surface area (Å²) in [5.74, 6) is -1.42. The summed E-state index contributed by atoms with van der Waals surface area (Å²) < 4.78 is 47.0. The maximum absolute atomic E-state index is 13.4. The van der Waals surface area contributed by atoms with Gasteiger partial charge in [0.05, 0.1) is 41.6 Å². The lowest BCUT2D eigenvalue weighted by Crippen LogP contribution is -2.48. The third-order valence-electron chi connectivity index (χ3n) is 5.34. The molecule has 1 aliphatic carbocycles. The molecule has 4 rings (SSSR count). The smallest absolute Gasteiger partial charge is 0.409 e. The van der Waals surface area contributed by atoms with Crippen molar-refractivity contribution in [3.05, 3.63) is 48.3 Å². The van der Waals surface area contributed by atoms with Gasteiger partial charge in [0.2, 0.25) is 5.91 Å². The van der Waals surface area contributed by atoms with E-state index < -0.39 is 28.0 Å². The third kappa shape index (κ3) is 4.68. The first-order valence-corrected chi connectivity index (χ1v) is 11.4. The number of ether oxygens (including phenoxy) is 1. The van der Waals surface area contributed by atoms with Gasteiger partial charge >= 0.3 is 6.09 Å². The van der Waals surface area contributed by atoms with Gasteiger partial charge in [-0.2, -0.15) is 5.26 Å². The lowest BCUT2D eigenvalue weighted by atomic mass is 10.2. The van der Waals surface area contributed by atoms with Gasteiger partial charge in [0.1, 0.15) is 17.7 Å². The monoisotopic (exact) mass is 474 g/mol. The Labute approximate surface area is 188 Å². The molecule has 10 nitrogen and oxygen atoms in total. The summed E-state index contributed by atoms with van der Waals surface area (Å²) in [4.78, 5) is 23.0. The number of carboxylic acid groups (broad SMARTS) is 1. The number of carbonyl (C=O) groups excluding carboxylic acids is 1. The van der Waals surface area contributed by atoms with E-state index in [1.54, 1.807) is 0 Å². The van der Waals surface area contributed by atoms with Gasteiger partial charge in [-0.3, -0.25) is 14.4 Å². The van der Waals surface area contributed by atoms with E-state index in [4.69, 9.17) is 15.1 Å². The van der Waals surface area contributed by atoms with E-state index in [0.29, 0.717) is 6.42 Å². The van der Waals surface area contributed by atoms with E-state index in [1.807, 2.05) is 6.07 Å². The molecule has 0 aromatic heterocycles. The average molecular weight is 474 g/mol. The standard InChI is InChI=1S/C21H19FN4O6S/c22-13-1-4-16(5-2-13)33(30,31)26-11-15(10-24-20(27)17-7-12(17)9-23)32-19-6-3-14(8-18(19)26)25-21(28)29/h1-6,8,12,15,17,25H,7,10-11H2,(H,24,27)(H,28,29)/t12-,15?,17-/m1/s1. The molecule has 172 valence electrons. The van der Waals surface area contributed by atoms with Crippen molar-refractivity contribution in [2.24, 2.45) is 11.8 Å².